The molecular formula is C45H48I2N4O12. The molecule has 334 valence electrons. The van der Waals surface area contributed by atoms with E-state index in [1.807, 2.05) is 0 Å². The lowest BCUT2D eigenvalue weighted by Gasteiger charge is -2.16. The molecule has 63 heavy (non-hydrogen) atoms. The van der Waals surface area contributed by atoms with Gasteiger partial charge in [0.05, 0.1) is 61.7 Å². The maximum atomic E-state index is 13.3. The topological polar surface area (TPSA) is 189 Å². The largest absolute Gasteiger partial charge is 0.497 e. The fourth-order valence-corrected chi connectivity index (χ4v) is 7.68. The Bertz CT molecular complexity index is 2760. The van der Waals surface area contributed by atoms with Crippen LogP contribution in [-0.4, -0.2) is 70.9 Å². The molecule has 0 unspecified atom stereocenters. The number of aromatic carboxylic acids is 1. The lowest BCUT2D eigenvalue weighted by molar-refractivity contribution is 0.0583. The lowest BCUT2D eigenvalue weighted by atomic mass is 10.2. The summed E-state index contributed by atoms with van der Waals surface area (Å²) in [6.07, 6.45) is 0. The number of ether oxygens (including phenoxy) is 5. The molecule has 0 aliphatic carbocycles. The number of carboxylic acid groups (broad SMARTS) is 1. The number of carbonyl (C=O) groups is 2. The molecule has 16 nitrogen and oxygen atoms in total. The lowest BCUT2D eigenvalue weighted by Crippen LogP contribution is -2.44. The van der Waals surface area contributed by atoms with Crippen LogP contribution >= 0.6 is 45.2 Å². The van der Waals surface area contributed by atoms with Crippen LogP contribution in [-0.2, 0) is 30.9 Å². The molecule has 0 bridgehead atoms. The van der Waals surface area contributed by atoms with E-state index in [-0.39, 0.29) is 59.6 Å². The van der Waals surface area contributed by atoms with Gasteiger partial charge in [0.2, 0.25) is 0 Å². The maximum Gasteiger partial charge on any atom is 0.356 e. The van der Waals surface area contributed by atoms with Gasteiger partial charge in [0, 0.05) is 0 Å². The van der Waals surface area contributed by atoms with Crippen LogP contribution in [0.3, 0.4) is 0 Å². The minimum Gasteiger partial charge on any atom is -0.497 e. The number of aromatic nitrogens is 4. The van der Waals surface area contributed by atoms with E-state index in [4.69, 9.17) is 23.7 Å². The third-order valence-corrected chi connectivity index (χ3v) is 11.3. The van der Waals surface area contributed by atoms with Crippen molar-refractivity contribution < 1.29 is 38.4 Å². The van der Waals surface area contributed by atoms with Crippen LogP contribution < -0.4 is 41.4 Å². The number of rotatable bonds is 14. The molecule has 2 aromatic heterocycles. The first kappa shape index (κ1) is 51.2. The summed E-state index contributed by atoms with van der Waals surface area (Å²) >= 11 is 3.47. The van der Waals surface area contributed by atoms with Gasteiger partial charge >= 0.3 is 23.3 Å². The van der Waals surface area contributed by atoms with Crippen LogP contribution in [0, 0.1) is 7.14 Å². The van der Waals surface area contributed by atoms with Crippen LogP contribution in [0.4, 0.5) is 0 Å². The van der Waals surface area contributed by atoms with E-state index in [9.17, 15) is 33.9 Å². The highest BCUT2D eigenvalue weighted by atomic mass is 127. The number of halogens is 2. The first-order valence-electron chi connectivity index (χ1n) is 18.1. The smallest absolute Gasteiger partial charge is 0.356 e. The van der Waals surface area contributed by atoms with Gasteiger partial charge < -0.3 is 28.8 Å². The summed E-state index contributed by atoms with van der Waals surface area (Å²) in [6, 6.07) is 28.0. The first-order chi connectivity index (χ1) is 29.2. The fourth-order valence-electron chi connectivity index (χ4n) is 6.07. The van der Waals surface area contributed by atoms with Crippen molar-refractivity contribution in [2.75, 3.05) is 35.5 Å². The van der Waals surface area contributed by atoms with Gasteiger partial charge in [-0.3, -0.25) is 27.9 Å². The molecule has 0 fully saturated rings. The minimum atomic E-state index is -1.33. The number of carbonyl (C=O) groups excluding carboxylic acids is 1. The van der Waals surface area contributed by atoms with Gasteiger partial charge in [-0.05, 0) is 116 Å². The van der Waals surface area contributed by atoms with Gasteiger partial charge in [0.25, 0.3) is 11.1 Å². The van der Waals surface area contributed by atoms with Crippen molar-refractivity contribution in [1.29, 1.82) is 0 Å². The predicted molar refractivity (Wildman–Crippen MR) is 256 cm³/mol. The molecule has 2 heterocycles. The average Bonchev–Trinajstić information content (AvgIpc) is 3.28. The molecule has 0 spiro atoms. The monoisotopic (exact) mass is 1090 g/mol. The van der Waals surface area contributed by atoms with E-state index < -0.39 is 34.4 Å². The number of benzene rings is 4. The molecule has 6 rings (SSSR count). The van der Waals surface area contributed by atoms with Crippen molar-refractivity contribution in [3.63, 3.8) is 0 Å². The number of carboxylic acids is 1. The molecule has 4 aromatic carbocycles. The van der Waals surface area contributed by atoms with Gasteiger partial charge in [-0.2, -0.15) is 0 Å². The van der Waals surface area contributed by atoms with Crippen LogP contribution in [0.1, 0.15) is 58.1 Å². The predicted octanol–water partition coefficient (Wildman–Crippen LogP) is 6.21. The van der Waals surface area contributed by atoms with Crippen molar-refractivity contribution in [3.05, 3.63) is 180 Å². The normalized spacial score (nSPS) is 10.3. The molecule has 0 aliphatic rings. The quantitative estimate of drug-likeness (QED) is 0.0961. The molecule has 0 atom stereocenters. The van der Waals surface area contributed by atoms with Crippen molar-refractivity contribution in [3.8, 4) is 23.0 Å². The van der Waals surface area contributed by atoms with Gasteiger partial charge in [-0.25, -0.2) is 19.2 Å². The Balaban J connectivity index is 0.000000325. The van der Waals surface area contributed by atoms with E-state index in [0.29, 0.717) is 34.1 Å². The second kappa shape index (κ2) is 23.3. The summed E-state index contributed by atoms with van der Waals surface area (Å²) in [4.78, 5) is 76.4. The summed E-state index contributed by atoms with van der Waals surface area (Å²) < 4.78 is 30.0. The minimum absolute atomic E-state index is 0. The Morgan fingerprint density at radius 2 is 0.714 bits per heavy atom. The summed E-state index contributed by atoms with van der Waals surface area (Å²) in [5.74, 6) is 0.553. The van der Waals surface area contributed by atoms with Crippen molar-refractivity contribution in [2.45, 2.75) is 41.0 Å². The Morgan fingerprint density at radius 3 is 0.968 bits per heavy atom. The van der Waals surface area contributed by atoms with Gasteiger partial charge in [-0.1, -0.05) is 63.4 Å². The first-order valence-corrected chi connectivity index (χ1v) is 20.3. The standard InChI is InChI=1S/C22H21IN2O6.C21H19IN2O6.2CH4/c1-29-16-8-4-14(5-9-16)12-24-19(21(27)31-3)18(23)20(26)25(22(24)28)13-15-6-10-17(30-2)11-7-15;1-29-15-7-3-13(4-8-15)11-23-18(20(26)27)17(22)19(25)24(21(23)28)12-14-5-9-16(30-2)10-6-14;;/h4-11H,12-13H2,1-3H3;3-10H,11-12H2,1-2H3,(H,26,27);2*1H4. The van der Waals surface area contributed by atoms with Crippen LogP contribution in [0.2, 0.25) is 0 Å². The summed E-state index contributed by atoms with van der Waals surface area (Å²) in [7, 11) is 7.42. The van der Waals surface area contributed by atoms with Crippen molar-refractivity contribution in [1.82, 2.24) is 18.3 Å². The van der Waals surface area contributed by atoms with Gasteiger partial charge in [-0.15, -0.1) is 0 Å². The van der Waals surface area contributed by atoms with Crippen LogP contribution in [0.25, 0.3) is 0 Å². The second-order valence-electron chi connectivity index (χ2n) is 13.0. The third kappa shape index (κ3) is 12.1. The molecule has 1 N–H and O–H groups in total. The average molecular weight is 1090 g/mol. The number of esters is 1. The second-order valence-corrected chi connectivity index (χ2v) is 15.2. The molecule has 0 radical (unpaired) electrons. The van der Waals surface area contributed by atoms with E-state index in [1.165, 1.54) is 11.7 Å². The number of hydrogen-bond acceptors (Lipinski definition) is 11. The molecule has 0 amide bonds. The third-order valence-electron chi connectivity index (χ3n) is 9.33. The number of nitrogens with zero attached hydrogens (tertiary/aromatic N) is 4. The summed E-state index contributed by atoms with van der Waals surface area (Å²) in [5, 5.41) is 9.65. The number of hydrogen-bond donors (Lipinski definition) is 1. The van der Waals surface area contributed by atoms with Crippen LogP contribution in [0.15, 0.2) is 116 Å². The zero-order valence-corrected chi connectivity index (χ0v) is 37.9. The highest BCUT2D eigenvalue weighted by molar-refractivity contribution is 14.1. The fraction of sp³-hybridized carbons (Fsp3) is 0.244. The summed E-state index contributed by atoms with van der Waals surface area (Å²) in [6.45, 7) is 0.164. The highest BCUT2D eigenvalue weighted by Crippen LogP contribution is 2.18. The highest BCUT2D eigenvalue weighted by Gasteiger charge is 2.25. The Labute approximate surface area is 390 Å². The molecule has 18 heteroatoms. The molecule has 0 saturated carbocycles. The Hall–Kier alpha value is -6.16. The van der Waals surface area contributed by atoms with Crippen LogP contribution in [0.5, 0.6) is 23.0 Å². The SMILES string of the molecule is C.C.COC(=O)c1c(I)c(=O)n(Cc2ccc(OC)cc2)c(=O)n1Cc1ccc(OC)cc1.COc1ccc(Cn2c(C(=O)O)c(I)c(=O)n(Cc3ccc(OC)cc3)c2=O)cc1. The molecule has 0 saturated heterocycles. The van der Waals surface area contributed by atoms with E-state index >= 15 is 0 Å². The van der Waals surface area contributed by atoms with E-state index in [2.05, 4.69) is 0 Å². The van der Waals surface area contributed by atoms with E-state index in [0.717, 1.165) is 24.8 Å². The number of methoxy groups -OCH3 is 5. The zero-order chi connectivity index (χ0) is 44.4. The maximum absolute atomic E-state index is 13.3. The van der Waals surface area contributed by atoms with Crippen molar-refractivity contribution in [2.24, 2.45) is 0 Å². The molecular weight excluding hydrogens is 1040 g/mol. The molecule has 6 aromatic rings. The molecule has 0 aliphatic heterocycles. The Kier molecular flexibility index (Phi) is 19.0. The van der Waals surface area contributed by atoms with E-state index in [1.54, 1.807) is 171 Å². The van der Waals surface area contributed by atoms with Gasteiger partial charge in [0.1, 0.15) is 30.1 Å². The zero-order valence-electron chi connectivity index (χ0n) is 33.5. The Morgan fingerprint density at radius 1 is 0.460 bits per heavy atom. The summed E-state index contributed by atoms with van der Waals surface area (Å²) in [5.41, 5.74) is 0.0497. The van der Waals surface area contributed by atoms with Gasteiger partial charge in [0.15, 0.2) is 11.4 Å². The van der Waals surface area contributed by atoms with Crippen molar-refractivity contribution >= 4 is 57.1 Å².